The van der Waals surface area contributed by atoms with Gasteiger partial charge in [0.2, 0.25) is 0 Å². The van der Waals surface area contributed by atoms with Crippen molar-refractivity contribution in [3.63, 3.8) is 0 Å². The monoisotopic (exact) mass is 243 g/mol. The van der Waals surface area contributed by atoms with Crippen molar-refractivity contribution in [2.75, 3.05) is 19.6 Å². The number of imidazole rings is 1. The van der Waals surface area contributed by atoms with Crippen LogP contribution in [0.25, 0.3) is 5.65 Å². The maximum atomic E-state index is 4.70. The lowest BCUT2D eigenvalue weighted by Gasteiger charge is -2.31. The third-order valence-electron chi connectivity index (χ3n) is 3.96. The van der Waals surface area contributed by atoms with Crippen molar-refractivity contribution in [3.05, 3.63) is 36.3 Å². The van der Waals surface area contributed by atoms with Crippen LogP contribution in [-0.4, -0.2) is 33.9 Å². The minimum atomic E-state index is 0.781. The Kier molecular flexibility index (Phi) is 3.33. The van der Waals surface area contributed by atoms with Crippen LogP contribution in [0.2, 0.25) is 0 Å². The molecule has 3 heterocycles. The van der Waals surface area contributed by atoms with Gasteiger partial charge < -0.3 is 9.30 Å². The highest BCUT2D eigenvalue weighted by Crippen LogP contribution is 2.20. The van der Waals surface area contributed by atoms with Crippen molar-refractivity contribution in [1.29, 1.82) is 0 Å². The molecular weight excluding hydrogens is 222 g/mol. The van der Waals surface area contributed by atoms with Crippen molar-refractivity contribution in [3.8, 4) is 0 Å². The molecule has 96 valence electrons. The molecule has 0 aliphatic carbocycles. The molecule has 0 amide bonds. The second-order valence-electron chi connectivity index (χ2n) is 5.30. The number of piperidine rings is 1. The minimum Gasteiger partial charge on any atom is -0.307 e. The van der Waals surface area contributed by atoms with Crippen molar-refractivity contribution in [2.45, 2.75) is 26.2 Å². The fraction of sp³-hybridized carbons (Fsp3) is 0.533. The quantitative estimate of drug-likeness (QED) is 0.826. The van der Waals surface area contributed by atoms with E-state index in [-0.39, 0.29) is 0 Å². The van der Waals surface area contributed by atoms with E-state index >= 15 is 0 Å². The number of nitrogens with zero attached hydrogens (tertiary/aromatic N) is 3. The van der Waals surface area contributed by atoms with E-state index in [1.54, 1.807) is 0 Å². The molecule has 2 aromatic heterocycles. The molecule has 2 aromatic rings. The Morgan fingerprint density at radius 1 is 1.39 bits per heavy atom. The van der Waals surface area contributed by atoms with Crippen LogP contribution in [0.15, 0.2) is 30.6 Å². The van der Waals surface area contributed by atoms with E-state index in [0.717, 1.165) is 18.0 Å². The smallest absolute Gasteiger partial charge is 0.136 e. The van der Waals surface area contributed by atoms with Gasteiger partial charge in [0.15, 0.2) is 0 Å². The average Bonchev–Trinajstić information content (AvgIpc) is 2.81. The Labute approximate surface area is 108 Å². The van der Waals surface area contributed by atoms with Gasteiger partial charge in [0.1, 0.15) is 5.65 Å². The second-order valence-corrected chi connectivity index (χ2v) is 5.30. The zero-order chi connectivity index (χ0) is 12.4. The van der Waals surface area contributed by atoms with Gasteiger partial charge in [0.05, 0.1) is 5.69 Å². The predicted octanol–water partition coefficient (Wildman–Crippen LogP) is 2.61. The van der Waals surface area contributed by atoms with Crippen LogP contribution in [0.5, 0.6) is 0 Å². The summed E-state index contributed by atoms with van der Waals surface area (Å²) in [6.07, 6.45) is 8.07. The van der Waals surface area contributed by atoms with Crippen LogP contribution in [-0.2, 0) is 6.42 Å². The summed E-state index contributed by atoms with van der Waals surface area (Å²) < 4.78 is 2.12. The van der Waals surface area contributed by atoms with Gasteiger partial charge in [-0.25, -0.2) is 4.98 Å². The molecule has 0 radical (unpaired) electrons. The molecule has 1 saturated heterocycles. The number of hydrogen-bond donors (Lipinski definition) is 0. The molecule has 1 atom stereocenters. The molecule has 0 bridgehead atoms. The standard InChI is InChI=1S/C15H21N3/c1-2-17-8-5-6-13(11-17)10-14-12-18-9-4-3-7-15(18)16-14/h3-4,7,9,12-13H,2,5-6,8,10-11H2,1H3. The summed E-state index contributed by atoms with van der Waals surface area (Å²) in [5.74, 6) is 0.781. The molecular formula is C15H21N3. The molecule has 1 aliphatic heterocycles. The first-order valence-corrected chi connectivity index (χ1v) is 7.00. The zero-order valence-corrected chi connectivity index (χ0v) is 11.0. The third kappa shape index (κ3) is 2.41. The van der Waals surface area contributed by atoms with Gasteiger partial charge in [-0.05, 0) is 50.4 Å². The maximum absolute atomic E-state index is 4.70. The lowest BCUT2D eigenvalue weighted by atomic mass is 9.94. The van der Waals surface area contributed by atoms with Gasteiger partial charge in [0.25, 0.3) is 0 Å². The SMILES string of the molecule is CCN1CCCC(Cc2cn3ccccc3n2)C1. The molecule has 0 aromatic carbocycles. The topological polar surface area (TPSA) is 20.5 Å². The van der Waals surface area contributed by atoms with Crippen LogP contribution in [0.1, 0.15) is 25.5 Å². The van der Waals surface area contributed by atoms with Crippen LogP contribution >= 0.6 is 0 Å². The molecule has 3 nitrogen and oxygen atoms in total. The summed E-state index contributed by atoms with van der Waals surface area (Å²) in [5.41, 5.74) is 2.31. The molecule has 1 unspecified atom stereocenters. The van der Waals surface area contributed by atoms with E-state index in [0.29, 0.717) is 0 Å². The van der Waals surface area contributed by atoms with Crippen molar-refractivity contribution < 1.29 is 0 Å². The van der Waals surface area contributed by atoms with E-state index in [2.05, 4.69) is 40.8 Å². The average molecular weight is 243 g/mol. The molecule has 3 rings (SSSR count). The van der Waals surface area contributed by atoms with Gasteiger partial charge >= 0.3 is 0 Å². The number of rotatable bonds is 3. The lowest BCUT2D eigenvalue weighted by Crippen LogP contribution is -2.35. The Morgan fingerprint density at radius 3 is 3.17 bits per heavy atom. The van der Waals surface area contributed by atoms with Crippen LogP contribution in [0, 0.1) is 5.92 Å². The highest BCUT2D eigenvalue weighted by atomic mass is 15.1. The Bertz CT molecular complexity index is 484. The van der Waals surface area contributed by atoms with E-state index in [4.69, 9.17) is 4.98 Å². The van der Waals surface area contributed by atoms with E-state index < -0.39 is 0 Å². The van der Waals surface area contributed by atoms with Crippen molar-refractivity contribution in [1.82, 2.24) is 14.3 Å². The fourth-order valence-corrected chi connectivity index (χ4v) is 2.99. The largest absolute Gasteiger partial charge is 0.307 e. The maximum Gasteiger partial charge on any atom is 0.136 e. The first-order chi connectivity index (χ1) is 8.85. The highest BCUT2D eigenvalue weighted by Gasteiger charge is 2.19. The van der Waals surface area contributed by atoms with Crippen LogP contribution in [0.4, 0.5) is 0 Å². The number of likely N-dealkylation sites (tertiary alicyclic amines) is 1. The number of pyridine rings is 1. The summed E-state index contributed by atoms with van der Waals surface area (Å²) >= 11 is 0. The molecule has 0 N–H and O–H groups in total. The predicted molar refractivity (Wildman–Crippen MR) is 73.7 cm³/mol. The summed E-state index contributed by atoms with van der Waals surface area (Å²) in [6.45, 7) is 5.96. The van der Waals surface area contributed by atoms with Gasteiger partial charge in [-0.15, -0.1) is 0 Å². The summed E-state index contributed by atoms with van der Waals surface area (Å²) in [4.78, 5) is 7.26. The minimum absolute atomic E-state index is 0.781. The molecule has 0 spiro atoms. The lowest BCUT2D eigenvalue weighted by molar-refractivity contribution is 0.181. The van der Waals surface area contributed by atoms with Crippen LogP contribution in [0.3, 0.4) is 0 Å². The summed E-state index contributed by atoms with van der Waals surface area (Å²) in [7, 11) is 0. The Morgan fingerprint density at radius 2 is 2.33 bits per heavy atom. The highest BCUT2D eigenvalue weighted by molar-refractivity contribution is 5.39. The first-order valence-electron chi connectivity index (χ1n) is 7.00. The van der Waals surface area contributed by atoms with Gasteiger partial charge in [-0.3, -0.25) is 0 Å². The second kappa shape index (κ2) is 5.11. The van der Waals surface area contributed by atoms with Gasteiger partial charge in [-0.2, -0.15) is 0 Å². The van der Waals surface area contributed by atoms with Crippen molar-refractivity contribution >= 4 is 5.65 Å². The number of aromatic nitrogens is 2. The van der Waals surface area contributed by atoms with Gasteiger partial charge in [-0.1, -0.05) is 13.0 Å². The van der Waals surface area contributed by atoms with E-state index in [1.807, 2.05) is 6.07 Å². The Hall–Kier alpha value is -1.35. The molecule has 3 heteroatoms. The number of fused-ring (bicyclic) bond motifs is 1. The molecule has 0 saturated carbocycles. The third-order valence-corrected chi connectivity index (χ3v) is 3.96. The van der Waals surface area contributed by atoms with E-state index in [9.17, 15) is 0 Å². The zero-order valence-electron chi connectivity index (χ0n) is 11.0. The Balaban J connectivity index is 1.71. The summed E-state index contributed by atoms with van der Waals surface area (Å²) in [6, 6.07) is 6.17. The fourth-order valence-electron chi connectivity index (χ4n) is 2.99. The normalized spacial score (nSPS) is 21.5. The van der Waals surface area contributed by atoms with Crippen LogP contribution < -0.4 is 0 Å². The molecule has 18 heavy (non-hydrogen) atoms. The number of hydrogen-bond acceptors (Lipinski definition) is 2. The molecule has 1 aliphatic rings. The molecule has 1 fully saturated rings. The summed E-state index contributed by atoms with van der Waals surface area (Å²) in [5, 5.41) is 0. The van der Waals surface area contributed by atoms with Gasteiger partial charge in [0, 0.05) is 18.9 Å². The van der Waals surface area contributed by atoms with E-state index in [1.165, 1.54) is 38.2 Å². The van der Waals surface area contributed by atoms with Crippen molar-refractivity contribution in [2.24, 2.45) is 5.92 Å². The first kappa shape index (κ1) is 11.7.